The Morgan fingerprint density at radius 3 is 2.75 bits per heavy atom. The SMILES string of the molecule is CC1CN(C)CCC1N1CC(CN)CC1=O. The summed E-state index contributed by atoms with van der Waals surface area (Å²) >= 11 is 0. The lowest BCUT2D eigenvalue weighted by Crippen LogP contribution is -2.49. The van der Waals surface area contributed by atoms with E-state index in [2.05, 4.69) is 23.8 Å². The molecular weight excluding hydrogens is 202 g/mol. The number of carbonyl (C=O) groups excluding carboxylic acids is 1. The van der Waals surface area contributed by atoms with Gasteiger partial charge >= 0.3 is 0 Å². The second-order valence-corrected chi connectivity index (χ2v) is 5.45. The number of piperidine rings is 1. The highest BCUT2D eigenvalue weighted by Crippen LogP contribution is 2.27. The maximum Gasteiger partial charge on any atom is 0.223 e. The van der Waals surface area contributed by atoms with Gasteiger partial charge < -0.3 is 15.5 Å². The van der Waals surface area contributed by atoms with E-state index in [-0.39, 0.29) is 0 Å². The van der Waals surface area contributed by atoms with Gasteiger partial charge in [0.05, 0.1) is 0 Å². The highest BCUT2D eigenvalue weighted by molar-refractivity contribution is 5.79. The minimum absolute atomic E-state index is 0.317. The third-order valence-corrected chi connectivity index (χ3v) is 4.04. The van der Waals surface area contributed by atoms with Crippen LogP contribution in [0.5, 0.6) is 0 Å². The first kappa shape index (κ1) is 11.9. The molecule has 3 unspecified atom stereocenters. The fourth-order valence-electron chi connectivity index (χ4n) is 3.09. The molecule has 2 saturated heterocycles. The molecule has 2 heterocycles. The fourth-order valence-corrected chi connectivity index (χ4v) is 3.09. The standard InChI is InChI=1S/C12H23N3O/c1-9-7-14(2)4-3-11(9)15-8-10(6-13)5-12(15)16/h9-11H,3-8,13H2,1-2H3. The molecule has 0 aliphatic carbocycles. The summed E-state index contributed by atoms with van der Waals surface area (Å²) in [4.78, 5) is 16.4. The fraction of sp³-hybridized carbons (Fsp3) is 0.917. The lowest BCUT2D eigenvalue weighted by atomic mass is 9.93. The zero-order chi connectivity index (χ0) is 11.7. The number of hydrogen-bond acceptors (Lipinski definition) is 3. The average Bonchev–Trinajstić information content (AvgIpc) is 2.60. The topological polar surface area (TPSA) is 49.6 Å². The first-order valence-electron chi connectivity index (χ1n) is 6.30. The lowest BCUT2D eigenvalue weighted by Gasteiger charge is -2.40. The molecule has 92 valence electrons. The quantitative estimate of drug-likeness (QED) is 0.727. The maximum absolute atomic E-state index is 11.9. The second-order valence-electron chi connectivity index (χ2n) is 5.45. The van der Waals surface area contributed by atoms with Crippen LogP contribution in [0.25, 0.3) is 0 Å². The summed E-state index contributed by atoms with van der Waals surface area (Å²) in [5.41, 5.74) is 5.66. The highest BCUT2D eigenvalue weighted by atomic mass is 16.2. The Balaban J connectivity index is 1.99. The monoisotopic (exact) mass is 225 g/mol. The van der Waals surface area contributed by atoms with Crippen molar-refractivity contribution in [3.8, 4) is 0 Å². The molecule has 1 amide bonds. The molecule has 0 aromatic rings. The van der Waals surface area contributed by atoms with Gasteiger partial charge in [-0.25, -0.2) is 0 Å². The summed E-state index contributed by atoms with van der Waals surface area (Å²) in [6, 6.07) is 0.445. The molecule has 2 aliphatic rings. The Morgan fingerprint density at radius 1 is 1.44 bits per heavy atom. The van der Waals surface area contributed by atoms with Crippen molar-refractivity contribution in [2.75, 3.05) is 33.2 Å². The van der Waals surface area contributed by atoms with Crippen molar-refractivity contribution in [2.45, 2.75) is 25.8 Å². The van der Waals surface area contributed by atoms with Gasteiger partial charge in [-0.2, -0.15) is 0 Å². The Bertz CT molecular complexity index is 269. The average molecular weight is 225 g/mol. The Morgan fingerprint density at radius 2 is 2.19 bits per heavy atom. The van der Waals surface area contributed by atoms with E-state index >= 15 is 0 Å². The van der Waals surface area contributed by atoms with Crippen LogP contribution in [0.15, 0.2) is 0 Å². The van der Waals surface area contributed by atoms with Crippen LogP contribution in [-0.4, -0.2) is 55.0 Å². The number of carbonyl (C=O) groups is 1. The molecule has 0 spiro atoms. The van der Waals surface area contributed by atoms with Crippen molar-refractivity contribution < 1.29 is 4.79 Å². The molecule has 16 heavy (non-hydrogen) atoms. The van der Waals surface area contributed by atoms with Crippen molar-refractivity contribution in [3.63, 3.8) is 0 Å². The Hall–Kier alpha value is -0.610. The molecule has 3 atom stereocenters. The van der Waals surface area contributed by atoms with Crippen molar-refractivity contribution in [2.24, 2.45) is 17.6 Å². The van der Waals surface area contributed by atoms with Gasteiger partial charge in [-0.15, -0.1) is 0 Å². The summed E-state index contributed by atoms with van der Waals surface area (Å²) in [6.45, 7) is 5.98. The van der Waals surface area contributed by atoms with Crippen LogP contribution in [0, 0.1) is 11.8 Å². The van der Waals surface area contributed by atoms with Crippen LogP contribution in [0.4, 0.5) is 0 Å². The molecule has 2 rings (SSSR count). The van der Waals surface area contributed by atoms with E-state index in [1.54, 1.807) is 0 Å². The van der Waals surface area contributed by atoms with Gasteiger partial charge in [0.15, 0.2) is 0 Å². The molecule has 2 aliphatic heterocycles. The Labute approximate surface area is 97.8 Å². The molecule has 2 fully saturated rings. The highest BCUT2D eigenvalue weighted by Gasteiger charge is 2.37. The predicted molar refractivity (Wildman–Crippen MR) is 63.9 cm³/mol. The lowest BCUT2D eigenvalue weighted by molar-refractivity contribution is -0.131. The molecule has 0 aromatic carbocycles. The molecule has 0 bridgehead atoms. The molecule has 4 heteroatoms. The third-order valence-electron chi connectivity index (χ3n) is 4.04. The number of amides is 1. The zero-order valence-corrected chi connectivity index (χ0v) is 10.4. The zero-order valence-electron chi connectivity index (χ0n) is 10.4. The summed E-state index contributed by atoms with van der Waals surface area (Å²) in [6.07, 6.45) is 1.77. The van der Waals surface area contributed by atoms with Crippen LogP contribution in [-0.2, 0) is 4.79 Å². The molecule has 0 aromatic heterocycles. The van der Waals surface area contributed by atoms with E-state index in [0.29, 0.717) is 36.8 Å². The smallest absolute Gasteiger partial charge is 0.223 e. The largest absolute Gasteiger partial charge is 0.339 e. The summed E-state index contributed by atoms with van der Waals surface area (Å²) in [5.74, 6) is 1.29. The first-order valence-corrected chi connectivity index (χ1v) is 6.30. The minimum atomic E-state index is 0.317. The third kappa shape index (κ3) is 2.23. The molecule has 4 nitrogen and oxygen atoms in total. The molecule has 0 saturated carbocycles. The van der Waals surface area contributed by atoms with Gasteiger partial charge in [-0.1, -0.05) is 6.92 Å². The number of nitrogens with two attached hydrogens (primary N) is 1. The number of rotatable bonds is 2. The van der Waals surface area contributed by atoms with Gasteiger partial charge in [-0.3, -0.25) is 4.79 Å². The van der Waals surface area contributed by atoms with E-state index in [1.165, 1.54) is 0 Å². The second kappa shape index (κ2) is 4.72. The normalized spacial score (nSPS) is 37.1. The van der Waals surface area contributed by atoms with Gasteiger partial charge in [0.2, 0.25) is 5.91 Å². The van der Waals surface area contributed by atoms with Crippen LogP contribution in [0.2, 0.25) is 0 Å². The van der Waals surface area contributed by atoms with Crippen molar-refractivity contribution in [1.29, 1.82) is 0 Å². The van der Waals surface area contributed by atoms with E-state index in [9.17, 15) is 4.79 Å². The first-order chi connectivity index (χ1) is 7.61. The minimum Gasteiger partial charge on any atom is -0.339 e. The van der Waals surface area contributed by atoms with E-state index in [4.69, 9.17) is 5.73 Å². The van der Waals surface area contributed by atoms with E-state index < -0.39 is 0 Å². The van der Waals surface area contributed by atoms with Gasteiger partial charge in [0, 0.05) is 25.6 Å². The van der Waals surface area contributed by atoms with Crippen LogP contribution in [0.1, 0.15) is 19.8 Å². The van der Waals surface area contributed by atoms with Gasteiger partial charge in [0.1, 0.15) is 0 Å². The molecular formula is C12H23N3O. The Kier molecular flexibility index (Phi) is 3.50. The number of hydrogen-bond donors (Lipinski definition) is 1. The van der Waals surface area contributed by atoms with E-state index in [1.807, 2.05) is 0 Å². The maximum atomic E-state index is 11.9. The van der Waals surface area contributed by atoms with Crippen LogP contribution < -0.4 is 5.73 Å². The van der Waals surface area contributed by atoms with Gasteiger partial charge in [-0.05, 0) is 38.4 Å². The van der Waals surface area contributed by atoms with Crippen molar-refractivity contribution in [1.82, 2.24) is 9.80 Å². The molecule has 2 N–H and O–H groups in total. The summed E-state index contributed by atoms with van der Waals surface area (Å²) in [5, 5.41) is 0. The van der Waals surface area contributed by atoms with Crippen molar-refractivity contribution >= 4 is 5.91 Å². The number of likely N-dealkylation sites (tertiary alicyclic amines) is 2. The number of nitrogens with zero attached hydrogens (tertiary/aromatic N) is 2. The van der Waals surface area contributed by atoms with Crippen molar-refractivity contribution in [3.05, 3.63) is 0 Å². The predicted octanol–water partition coefficient (Wildman–Crippen LogP) is 0.134. The summed E-state index contributed by atoms with van der Waals surface area (Å²) < 4.78 is 0. The van der Waals surface area contributed by atoms with E-state index in [0.717, 1.165) is 26.1 Å². The molecule has 0 radical (unpaired) electrons. The van der Waals surface area contributed by atoms with Crippen LogP contribution in [0.3, 0.4) is 0 Å². The van der Waals surface area contributed by atoms with Gasteiger partial charge in [0.25, 0.3) is 0 Å². The summed E-state index contributed by atoms with van der Waals surface area (Å²) in [7, 11) is 2.15. The van der Waals surface area contributed by atoms with Crippen LogP contribution >= 0.6 is 0 Å².